The molecule has 1 aromatic rings. The topological polar surface area (TPSA) is 43.4 Å². The molecular weight excluding hydrogens is 212 g/mol. The highest BCUT2D eigenvalue weighted by Crippen LogP contribution is 2.18. The largest absolute Gasteiger partial charge is 0.468 e. The quantitative estimate of drug-likeness (QED) is 0.446. The molecule has 0 radical (unpaired) electrons. The number of rotatable bonds is 4. The van der Waals surface area contributed by atoms with Crippen LogP contribution in [0.5, 0.6) is 0 Å². The Morgan fingerprint density at radius 1 is 1.27 bits per heavy atom. The molecular formula is C11H12O3S. The number of methoxy groups -OCH3 is 1. The summed E-state index contributed by atoms with van der Waals surface area (Å²) in [4.78, 5) is 22.8. The van der Waals surface area contributed by atoms with Gasteiger partial charge in [-0.05, 0) is 19.1 Å². The van der Waals surface area contributed by atoms with E-state index >= 15 is 0 Å². The van der Waals surface area contributed by atoms with Crippen LogP contribution in [-0.4, -0.2) is 24.6 Å². The number of carbonyl (C=O) groups excluding carboxylic acids is 2. The maximum Gasteiger partial charge on any atom is 0.315 e. The van der Waals surface area contributed by atoms with E-state index < -0.39 is 0 Å². The third-order valence-corrected chi connectivity index (χ3v) is 2.83. The van der Waals surface area contributed by atoms with E-state index in [1.54, 1.807) is 12.1 Å². The molecule has 0 aliphatic heterocycles. The molecule has 0 aliphatic rings. The van der Waals surface area contributed by atoms with Gasteiger partial charge < -0.3 is 4.74 Å². The van der Waals surface area contributed by atoms with Crippen molar-refractivity contribution in [2.45, 2.75) is 11.8 Å². The minimum Gasteiger partial charge on any atom is -0.468 e. The second kappa shape index (κ2) is 5.56. The minimum absolute atomic E-state index is 0.0412. The molecule has 1 rings (SSSR count). The van der Waals surface area contributed by atoms with E-state index in [9.17, 15) is 9.59 Å². The molecule has 3 nitrogen and oxygen atoms in total. The van der Waals surface area contributed by atoms with E-state index in [-0.39, 0.29) is 17.5 Å². The maximum absolute atomic E-state index is 11.0. The summed E-state index contributed by atoms with van der Waals surface area (Å²) in [6, 6.07) is 7.15. The number of hydrogen-bond acceptors (Lipinski definition) is 4. The summed E-state index contributed by atoms with van der Waals surface area (Å²) < 4.78 is 4.52. The SMILES string of the molecule is COC(=O)CSc1ccc(C(C)=O)cc1. The molecule has 0 spiro atoms. The summed E-state index contributed by atoms with van der Waals surface area (Å²) in [5, 5.41) is 0. The van der Waals surface area contributed by atoms with Crippen LogP contribution < -0.4 is 0 Å². The van der Waals surface area contributed by atoms with E-state index in [0.717, 1.165) is 4.90 Å². The fourth-order valence-corrected chi connectivity index (χ4v) is 1.72. The standard InChI is InChI=1S/C11H12O3S/c1-8(12)9-3-5-10(6-4-9)15-7-11(13)14-2/h3-6H,7H2,1-2H3. The van der Waals surface area contributed by atoms with Gasteiger partial charge in [0, 0.05) is 10.5 Å². The third-order valence-electron chi connectivity index (χ3n) is 1.85. The summed E-state index contributed by atoms with van der Waals surface area (Å²) in [6.07, 6.45) is 0. The molecule has 0 aromatic heterocycles. The smallest absolute Gasteiger partial charge is 0.315 e. The molecule has 1 aromatic carbocycles. The fourth-order valence-electron chi connectivity index (χ4n) is 0.987. The van der Waals surface area contributed by atoms with Crippen molar-refractivity contribution in [2.24, 2.45) is 0 Å². The number of carbonyl (C=O) groups is 2. The first-order valence-electron chi connectivity index (χ1n) is 4.44. The summed E-state index contributed by atoms with van der Waals surface area (Å²) in [7, 11) is 1.36. The number of hydrogen-bond donors (Lipinski definition) is 0. The Hall–Kier alpha value is -1.29. The molecule has 4 heteroatoms. The molecule has 0 atom stereocenters. The van der Waals surface area contributed by atoms with Crippen molar-refractivity contribution < 1.29 is 14.3 Å². The lowest BCUT2D eigenvalue weighted by molar-refractivity contribution is -0.137. The molecule has 0 bridgehead atoms. The lowest BCUT2D eigenvalue weighted by Gasteiger charge is -2.01. The Morgan fingerprint density at radius 3 is 2.33 bits per heavy atom. The van der Waals surface area contributed by atoms with E-state index in [4.69, 9.17) is 0 Å². The van der Waals surface area contributed by atoms with Crippen molar-refractivity contribution in [1.29, 1.82) is 0 Å². The lowest BCUT2D eigenvalue weighted by atomic mass is 10.2. The number of thioether (sulfide) groups is 1. The summed E-state index contributed by atoms with van der Waals surface area (Å²) in [6.45, 7) is 1.52. The first-order chi connectivity index (χ1) is 7.13. The van der Waals surface area contributed by atoms with Crippen molar-refractivity contribution in [2.75, 3.05) is 12.9 Å². The molecule has 0 saturated heterocycles. The zero-order valence-electron chi connectivity index (χ0n) is 8.65. The third kappa shape index (κ3) is 3.75. The van der Waals surface area contributed by atoms with Crippen molar-refractivity contribution >= 4 is 23.5 Å². The molecule has 0 N–H and O–H groups in total. The summed E-state index contributed by atoms with van der Waals surface area (Å²) in [5.41, 5.74) is 0.678. The van der Waals surface area contributed by atoms with Crippen LogP contribution in [0.15, 0.2) is 29.2 Å². The maximum atomic E-state index is 11.0. The molecule has 15 heavy (non-hydrogen) atoms. The van der Waals surface area contributed by atoms with Gasteiger partial charge in [0.2, 0.25) is 0 Å². The van der Waals surface area contributed by atoms with Crippen LogP contribution >= 0.6 is 11.8 Å². The highest BCUT2D eigenvalue weighted by molar-refractivity contribution is 8.00. The van der Waals surface area contributed by atoms with E-state index in [1.165, 1.54) is 25.8 Å². The number of esters is 1. The van der Waals surface area contributed by atoms with Crippen LogP contribution in [0.4, 0.5) is 0 Å². The second-order valence-corrected chi connectivity index (χ2v) is 3.99. The Labute approximate surface area is 92.8 Å². The number of ether oxygens (including phenoxy) is 1. The highest BCUT2D eigenvalue weighted by atomic mass is 32.2. The molecule has 0 fully saturated rings. The zero-order chi connectivity index (χ0) is 11.3. The number of Topliss-reactive ketones (excluding diaryl/α,β-unsaturated/α-hetero) is 1. The normalized spacial score (nSPS) is 9.73. The van der Waals surface area contributed by atoms with Gasteiger partial charge in [0.1, 0.15) is 0 Å². The first-order valence-corrected chi connectivity index (χ1v) is 5.42. The number of benzene rings is 1. The van der Waals surface area contributed by atoms with Gasteiger partial charge in [-0.3, -0.25) is 9.59 Å². The monoisotopic (exact) mass is 224 g/mol. The fraction of sp³-hybridized carbons (Fsp3) is 0.273. The molecule has 0 unspecified atom stereocenters. The molecule has 0 amide bonds. The molecule has 0 aliphatic carbocycles. The van der Waals surface area contributed by atoms with Crippen molar-refractivity contribution in [3.05, 3.63) is 29.8 Å². The predicted molar refractivity (Wildman–Crippen MR) is 59.2 cm³/mol. The minimum atomic E-state index is -0.254. The van der Waals surface area contributed by atoms with Crippen LogP contribution in [0.3, 0.4) is 0 Å². The number of ketones is 1. The Balaban J connectivity index is 2.57. The second-order valence-electron chi connectivity index (χ2n) is 2.95. The molecule has 80 valence electrons. The van der Waals surface area contributed by atoms with Crippen molar-refractivity contribution in [3.63, 3.8) is 0 Å². The van der Waals surface area contributed by atoms with Gasteiger partial charge in [-0.1, -0.05) is 12.1 Å². The Morgan fingerprint density at radius 2 is 1.87 bits per heavy atom. The first kappa shape index (κ1) is 11.8. The van der Waals surface area contributed by atoms with Gasteiger partial charge in [0.25, 0.3) is 0 Å². The van der Waals surface area contributed by atoms with E-state index in [0.29, 0.717) is 5.56 Å². The van der Waals surface area contributed by atoms with Crippen molar-refractivity contribution in [3.8, 4) is 0 Å². The molecule has 0 saturated carbocycles. The van der Waals surface area contributed by atoms with Crippen LogP contribution in [-0.2, 0) is 9.53 Å². The van der Waals surface area contributed by atoms with Crippen LogP contribution in [0.25, 0.3) is 0 Å². The average Bonchev–Trinajstić information content (AvgIpc) is 2.26. The lowest BCUT2D eigenvalue weighted by Crippen LogP contribution is -2.02. The Bertz CT molecular complexity index is 357. The van der Waals surface area contributed by atoms with Gasteiger partial charge in [-0.15, -0.1) is 11.8 Å². The van der Waals surface area contributed by atoms with Gasteiger partial charge >= 0.3 is 5.97 Å². The highest BCUT2D eigenvalue weighted by Gasteiger charge is 2.03. The van der Waals surface area contributed by atoms with Crippen LogP contribution in [0.2, 0.25) is 0 Å². The van der Waals surface area contributed by atoms with Crippen LogP contribution in [0, 0.1) is 0 Å². The van der Waals surface area contributed by atoms with E-state index in [2.05, 4.69) is 4.74 Å². The van der Waals surface area contributed by atoms with Crippen LogP contribution in [0.1, 0.15) is 17.3 Å². The van der Waals surface area contributed by atoms with Gasteiger partial charge in [0.05, 0.1) is 12.9 Å². The summed E-state index contributed by atoms with van der Waals surface area (Å²) in [5.74, 6) is 0.0748. The average molecular weight is 224 g/mol. The van der Waals surface area contributed by atoms with Crippen molar-refractivity contribution in [1.82, 2.24) is 0 Å². The predicted octanol–water partition coefficient (Wildman–Crippen LogP) is 2.15. The van der Waals surface area contributed by atoms with Gasteiger partial charge in [0.15, 0.2) is 5.78 Å². The summed E-state index contributed by atoms with van der Waals surface area (Å²) >= 11 is 1.39. The molecule has 0 heterocycles. The van der Waals surface area contributed by atoms with E-state index in [1.807, 2.05) is 12.1 Å². The van der Waals surface area contributed by atoms with Gasteiger partial charge in [-0.2, -0.15) is 0 Å². The van der Waals surface area contributed by atoms with Gasteiger partial charge in [-0.25, -0.2) is 0 Å². The Kier molecular flexibility index (Phi) is 4.37. The zero-order valence-corrected chi connectivity index (χ0v) is 9.47.